The second-order valence-corrected chi connectivity index (χ2v) is 8.45. The predicted molar refractivity (Wildman–Crippen MR) is 138 cm³/mol. The minimum atomic E-state index is -0.181. The van der Waals surface area contributed by atoms with Crippen molar-refractivity contribution in [3.8, 4) is 11.3 Å². The van der Waals surface area contributed by atoms with E-state index in [0.717, 1.165) is 23.5 Å². The molecule has 3 N–H and O–H groups in total. The van der Waals surface area contributed by atoms with Gasteiger partial charge in [-0.1, -0.05) is 35.9 Å². The lowest BCUT2D eigenvalue weighted by Crippen LogP contribution is -2.15. The average molecular weight is 460 g/mol. The third kappa shape index (κ3) is 5.54. The number of H-pyrrole nitrogens is 1. The lowest BCUT2D eigenvalue weighted by Gasteiger charge is -2.13. The molecule has 0 radical (unpaired) electrons. The van der Waals surface area contributed by atoms with Crippen molar-refractivity contribution in [3.63, 3.8) is 0 Å². The fourth-order valence-electron chi connectivity index (χ4n) is 3.40. The van der Waals surface area contributed by atoms with Crippen LogP contribution < -0.4 is 21.1 Å². The largest absolute Gasteiger partial charge is 0.381 e. The molecule has 0 aliphatic heterocycles. The van der Waals surface area contributed by atoms with Gasteiger partial charge in [-0.3, -0.25) is 9.78 Å². The molecule has 0 aliphatic carbocycles. The number of nitrogens with one attached hydrogen (secondary N) is 3. The molecule has 0 saturated heterocycles. The number of aromatic amines is 1. The first kappa shape index (κ1) is 22.4. The van der Waals surface area contributed by atoms with Crippen LogP contribution >= 0.6 is 11.6 Å². The van der Waals surface area contributed by atoms with Gasteiger partial charge in [0, 0.05) is 53.9 Å². The zero-order valence-electron chi connectivity index (χ0n) is 18.8. The van der Waals surface area contributed by atoms with Crippen molar-refractivity contribution >= 4 is 34.6 Å². The van der Waals surface area contributed by atoms with Crippen molar-refractivity contribution in [3.05, 3.63) is 99.3 Å². The summed E-state index contributed by atoms with van der Waals surface area (Å²) >= 11 is 5.95. The molecule has 33 heavy (non-hydrogen) atoms. The van der Waals surface area contributed by atoms with Crippen LogP contribution in [0.1, 0.15) is 11.1 Å². The Kier molecular flexibility index (Phi) is 6.66. The second-order valence-electron chi connectivity index (χ2n) is 8.01. The van der Waals surface area contributed by atoms with Crippen LogP contribution in [0.4, 0.5) is 23.0 Å². The molecule has 1 heterocycles. The van der Waals surface area contributed by atoms with Gasteiger partial charge in [-0.25, -0.2) is 4.98 Å². The molecule has 0 bridgehead atoms. The van der Waals surface area contributed by atoms with Gasteiger partial charge in [-0.05, 0) is 61.0 Å². The Balaban J connectivity index is 1.49. The van der Waals surface area contributed by atoms with E-state index in [-0.39, 0.29) is 5.56 Å². The van der Waals surface area contributed by atoms with Crippen molar-refractivity contribution < 1.29 is 0 Å². The number of anilines is 4. The molecule has 0 spiro atoms. The van der Waals surface area contributed by atoms with E-state index in [4.69, 9.17) is 11.6 Å². The van der Waals surface area contributed by atoms with Crippen LogP contribution in [0.2, 0.25) is 5.02 Å². The summed E-state index contributed by atoms with van der Waals surface area (Å²) < 4.78 is 0. The summed E-state index contributed by atoms with van der Waals surface area (Å²) in [5.74, 6) is 0.381. The van der Waals surface area contributed by atoms with Crippen molar-refractivity contribution in [2.45, 2.75) is 13.5 Å². The molecule has 7 heteroatoms. The van der Waals surface area contributed by atoms with Gasteiger partial charge in [-0.2, -0.15) is 0 Å². The average Bonchev–Trinajstić information content (AvgIpc) is 2.82. The molecule has 0 atom stereocenters. The molecule has 4 rings (SSSR count). The number of hydrogen-bond donors (Lipinski definition) is 3. The van der Waals surface area contributed by atoms with Crippen LogP contribution in [0.25, 0.3) is 11.3 Å². The highest BCUT2D eigenvalue weighted by Crippen LogP contribution is 2.24. The maximum Gasteiger partial charge on any atom is 0.255 e. The number of aromatic nitrogens is 2. The first-order chi connectivity index (χ1) is 15.9. The van der Waals surface area contributed by atoms with E-state index in [0.29, 0.717) is 22.2 Å². The standard InChI is InChI=1S/C26H26ClN5O/c1-17-24(30-26(31-25(17)33)29-22-12-8-20(27)9-13-22)19-6-10-21(11-7-19)28-16-18-4-14-23(15-5-18)32(2)3/h4-15,28H,16H2,1-3H3,(H2,29,30,31,33). The van der Waals surface area contributed by atoms with Crippen LogP contribution in [0.3, 0.4) is 0 Å². The summed E-state index contributed by atoms with van der Waals surface area (Å²) in [5.41, 5.74) is 6.06. The normalized spacial score (nSPS) is 10.7. The molecule has 0 unspecified atom stereocenters. The fourth-order valence-corrected chi connectivity index (χ4v) is 3.53. The van der Waals surface area contributed by atoms with Gasteiger partial charge < -0.3 is 15.5 Å². The maximum absolute atomic E-state index is 12.5. The summed E-state index contributed by atoms with van der Waals surface area (Å²) in [4.78, 5) is 22.0. The monoisotopic (exact) mass is 459 g/mol. The minimum Gasteiger partial charge on any atom is -0.381 e. The first-order valence-electron chi connectivity index (χ1n) is 10.6. The van der Waals surface area contributed by atoms with Crippen LogP contribution in [0.5, 0.6) is 0 Å². The highest BCUT2D eigenvalue weighted by molar-refractivity contribution is 6.30. The summed E-state index contributed by atoms with van der Waals surface area (Å²) in [5, 5.41) is 7.21. The number of rotatable bonds is 7. The van der Waals surface area contributed by atoms with Gasteiger partial charge in [0.1, 0.15) is 0 Å². The SMILES string of the molecule is Cc1c(-c2ccc(NCc3ccc(N(C)C)cc3)cc2)nc(Nc2ccc(Cl)cc2)[nH]c1=O. The lowest BCUT2D eigenvalue weighted by molar-refractivity contribution is 1.09. The quantitative estimate of drug-likeness (QED) is 0.324. The molecule has 0 saturated carbocycles. The fraction of sp³-hybridized carbons (Fsp3) is 0.154. The number of halogens is 1. The third-order valence-electron chi connectivity index (χ3n) is 5.37. The van der Waals surface area contributed by atoms with Crippen molar-refractivity contribution in [2.75, 3.05) is 29.6 Å². The van der Waals surface area contributed by atoms with Crippen LogP contribution in [0.15, 0.2) is 77.6 Å². The van der Waals surface area contributed by atoms with Crippen molar-refractivity contribution in [2.24, 2.45) is 0 Å². The van der Waals surface area contributed by atoms with Gasteiger partial charge in [0.25, 0.3) is 5.56 Å². The summed E-state index contributed by atoms with van der Waals surface area (Å²) in [6, 6.07) is 23.6. The molecule has 0 amide bonds. The minimum absolute atomic E-state index is 0.181. The van der Waals surface area contributed by atoms with E-state index >= 15 is 0 Å². The zero-order valence-corrected chi connectivity index (χ0v) is 19.6. The van der Waals surface area contributed by atoms with E-state index in [1.807, 2.05) is 50.5 Å². The molecule has 168 valence electrons. The molecular weight excluding hydrogens is 434 g/mol. The Bertz CT molecular complexity index is 1280. The third-order valence-corrected chi connectivity index (χ3v) is 5.62. The van der Waals surface area contributed by atoms with Gasteiger partial charge in [-0.15, -0.1) is 0 Å². The summed E-state index contributed by atoms with van der Waals surface area (Å²) in [6.45, 7) is 2.50. The Hall–Kier alpha value is -3.77. The zero-order chi connectivity index (χ0) is 23.4. The molecule has 4 aromatic rings. The van der Waals surface area contributed by atoms with Crippen LogP contribution in [0, 0.1) is 6.92 Å². The Morgan fingerprint density at radius 1 is 0.909 bits per heavy atom. The van der Waals surface area contributed by atoms with E-state index in [2.05, 4.69) is 49.8 Å². The van der Waals surface area contributed by atoms with Crippen molar-refractivity contribution in [1.29, 1.82) is 0 Å². The number of benzene rings is 3. The number of hydrogen-bond acceptors (Lipinski definition) is 5. The predicted octanol–water partition coefficient (Wildman–Crippen LogP) is 5.82. The summed E-state index contributed by atoms with van der Waals surface area (Å²) in [6.07, 6.45) is 0. The highest BCUT2D eigenvalue weighted by Gasteiger charge is 2.10. The van der Waals surface area contributed by atoms with Gasteiger partial charge in [0.15, 0.2) is 0 Å². The second kappa shape index (κ2) is 9.79. The molecule has 0 aliphatic rings. The molecule has 6 nitrogen and oxygen atoms in total. The molecule has 3 aromatic carbocycles. The van der Waals surface area contributed by atoms with E-state index in [1.54, 1.807) is 19.1 Å². The van der Waals surface area contributed by atoms with Gasteiger partial charge in [0.2, 0.25) is 5.95 Å². The lowest BCUT2D eigenvalue weighted by atomic mass is 10.1. The Morgan fingerprint density at radius 3 is 2.18 bits per heavy atom. The molecule has 1 aromatic heterocycles. The smallest absolute Gasteiger partial charge is 0.255 e. The molecular formula is C26H26ClN5O. The highest BCUT2D eigenvalue weighted by atomic mass is 35.5. The van der Waals surface area contributed by atoms with Crippen LogP contribution in [-0.2, 0) is 6.54 Å². The Labute approximate surface area is 198 Å². The van der Waals surface area contributed by atoms with Crippen molar-refractivity contribution in [1.82, 2.24) is 9.97 Å². The van der Waals surface area contributed by atoms with E-state index < -0.39 is 0 Å². The van der Waals surface area contributed by atoms with E-state index in [1.165, 1.54) is 11.3 Å². The summed E-state index contributed by atoms with van der Waals surface area (Å²) in [7, 11) is 4.06. The first-order valence-corrected chi connectivity index (χ1v) is 11.0. The number of nitrogens with zero attached hydrogens (tertiary/aromatic N) is 2. The van der Waals surface area contributed by atoms with Gasteiger partial charge in [0.05, 0.1) is 5.69 Å². The molecule has 0 fully saturated rings. The van der Waals surface area contributed by atoms with Crippen LogP contribution in [-0.4, -0.2) is 24.1 Å². The Morgan fingerprint density at radius 2 is 1.55 bits per heavy atom. The van der Waals surface area contributed by atoms with E-state index in [9.17, 15) is 4.79 Å². The maximum atomic E-state index is 12.5. The topological polar surface area (TPSA) is 73.0 Å². The van der Waals surface area contributed by atoms with Gasteiger partial charge >= 0.3 is 0 Å².